The van der Waals surface area contributed by atoms with Crippen LogP contribution < -0.4 is 5.32 Å². The number of piperidine rings is 1. The highest BCUT2D eigenvalue weighted by atomic mass is 16.3. The van der Waals surface area contributed by atoms with Crippen molar-refractivity contribution in [3.63, 3.8) is 0 Å². The lowest BCUT2D eigenvalue weighted by Gasteiger charge is -2.29. The Morgan fingerprint density at radius 3 is 2.13 bits per heavy atom. The second kappa shape index (κ2) is 10.2. The molecule has 0 aromatic heterocycles. The summed E-state index contributed by atoms with van der Waals surface area (Å²) in [7, 11) is 0. The predicted octanol–water partition coefficient (Wildman–Crippen LogP) is 4.19. The zero-order chi connectivity index (χ0) is 21.6. The molecule has 0 aliphatic carbocycles. The molecule has 1 saturated heterocycles. The van der Waals surface area contributed by atoms with Crippen molar-refractivity contribution >= 4 is 5.91 Å². The number of hydrogen-bond acceptors (Lipinski definition) is 3. The van der Waals surface area contributed by atoms with Crippen LogP contribution in [0.2, 0.25) is 0 Å². The molecule has 0 spiro atoms. The van der Waals surface area contributed by atoms with Gasteiger partial charge in [0.15, 0.2) is 0 Å². The van der Waals surface area contributed by atoms with Crippen molar-refractivity contribution in [2.24, 2.45) is 0 Å². The minimum Gasteiger partial charge on any atom is -0.393 e. The molecule has 4 heteroatoms. The van der Waals surface area contributed by atoms with Crippen LogP contribution in [-0.2, 0) is 29.7 Å². The third kappa shape index (κ3) is 6.96. The Labute approximate surface area is 181 Å². The highest BCUT2D eigenvalue weighted by Gasteiger charge is 2.17. The van der Waals surface area contributed by atoms with Crippen molar-refractivity contribution in [2.75, 3.05) is 13.1 Å². The third-order valence-corrected chi connectivity index (χ3v) is 5.94. The van der Waals surface area contributed by atoms with E-state index in [-0.39, 0.29) is 17.4 Å². The molecule has 1 amide bonds. The fourth-order valence-electron chi connectivity index (χ4n) is 3.82. The number of rotatable bonds is 7. The standard InChI is InChI=1S/C26H36N2O2/c1-26(2,3)23-11-8-20(9-12-23)10-13-25(30)27-18-21-4-6-22(7-5-21)19-28-16-14-24(29)15-17-28/h4-9,11-12,24,29H,10,13-19H2,1-3H3,(H,27,30). The number of aliphatic hydroxyl groups excluding tert-OH is 1. The van der Waals surface area contributed by atoms with Crippen molar-refractivity contribution < 1.29 is 9.90 Å². The summed E-state index contributed by atoms with van der Waals surface area (Å²) in [6.45, 7) is 10.0. The number of aliphatic hydroxyl groups is 1. The molecule has 0 bridgehead atoms. The van der Waals surface area contributed by atoms with Gasteiger partial charge in [-0.1, -0.05) is 69.3 Å². The molecule has 0 saturated carbocycles. The molecule has 30 heavy (non-hydrogen) atoms. The number of carbonyl (C=O) groups is 1. The zero-order valence-corrected chi connectivity index (χ0v) is 18.7. The first kappa shape index (κ1) is 22.5. The molecule has 162 valence electrons. The summed E-state index contributed by atoms with van der Waals surface area (Å²) in [6, 6.07) is 17.1. The highest BCUT2D eigenvalue weighted by Crippen LogP contribution is 2.22. The number of likely N-dealkylation sites (tertiary alicyclic amines) is 1. The summed E-state index contributed by atoms with van der Waals surface area (Å²) in [4.78, 5) is 14.6. The quantitative estimate of drug-likeness (QED) is 0.722. The van der Waals surface area contributed by atoms with Gasteiger partial charge in [0.2, 0.25) is 5.91 Å². The van der Waals surface area contributed by atoms with Gasteiger partial charge in [-0.2, -0.15) is 0 Å². The normalized spacial score (nSPS) is 15.9. The van der Waals surface area contributed by atoms with Crippen molar-refractivity contribution in [2.45, 2.75) is 71.1 Å². The largest absolute Gasteiger partial charge is 0.393 e. The fourth-order valence-corrected chi connectivity index (χ4v) is 3.82. The van der Waals surface area contributed by atoms with Crippen molar-refractivity contribution in [1.29, 1.82) is 0 Å². The maximum atomic E-state index is 12.2. The molecule has 0 radical (unpaired) electrons. The minimum absolute atomic E-state index is 0.0887. The van der Waals surface area contributed by atoms with E-state index < -0.39 is 0 Å². The first-order valence-corrected chi connectivity index (χ1v) is 11.1. The number of nitrogens with zero attached hydrogens (tertiary/aromatic N) is 1. The molecule has 2 aromatic rings. The molecule has 0 unspecified atom stereocenters. The van der Waals surface area contributed by atoms with Crippen molar-refractivity contribution in [3.05, 3.63) is 70.8 Å². The van der Waals surface area contributed by atoms with Gasteiger partial charge in [0, 0.05) is 32.6 Å². The number of hydrogen-bond donors (Lipinski definition) is 2. The maximum Gasteiger partial charge on any atom is 0.220 e. The summed E-state index contributed by atoms with van der Waals surface area (Å²) in [5.74, 6) is 0.0887. The number of nitrogens with one attached hydrogen (secondary N) is 1. The van der Waals surface area contributed by atoms with Crippen LogP contribution in [0.5, 0.6) is 0 Å². The van der Waals surface area contributed by atoms with E-state index in [0.717, 1.165) is 44.5 Å². The van der Waals surface area contributed by atoms with Crippen molar-refractivity contribution in [1.82, 2.24) is 10.2 Å². The maximum absolute atomic E-state index is 12.2. The lowest BCUT2D eigenvalue weighted by atomic mass is 9.86. The minimum atomic E-state index is -0.130. The molecule has 1 aliphatic rings. The van der Waals surface area contributed by atoms with Gasteiger partial charge in [-0.15, -0.1) is 0 Å². The SMILES string of the molecule is CC(C)(C)c1ccc(CCC(=O)NCc2ccc(CN3CCC(O)CC3)cc2)cc1. The Hall–Kier alpha value is -2.17. The summed E-state index contributed by atoms with van der Waals surface area (Å²) in [6.07, 6.45) is 2.87. The Morgan fingerprint density at radius 1 is 0.967 bits per heavy atom. The Kier molecular flexibility index (Phi) is 7.68. The summed E-state index contributed by atoms with van der Waals surface area (Å²) in [5.41, 5.74) is 5.07. The molecule has 2 aromatic carbocycles. The van der Waals surface area contributed by atoms with Crippen LogP contribution in [0.4, 0.5) is 0 Å². The van der Waals surface area contributed by atoms with Crippen LogP contribution in [-0.4, -0.2) is 35.1 Å². The topological polar surface area (TPSA) is 52.6 Å². The third-order valence-electron chi connectivity index (χ3n) is 5.94. The number of carbonyl (C=O) groups excluding carboxylic acids is 1. The molecule has 4 nitrogen and oxygen atoms in total. The predicted molar refractivity (Wildman–Crippen MR) is 122 cm³/mol. The molecule has 1 heterocycles. The average Bonchev–Trinajstić information content (AvgIpc) is 2.73. The van der Waals surface area contributed by atoms with E-state index in [0.29, 0.717) is 13.0 Å². The van der Waals surface area contributed by atoms with Gasteiger partial charge in [-0.05, 0) is 46.9 Å². The second-order valence-electron chi connectivity index (χ2n) is 9.55. The van der Waals surface area contributed by atoms with Crippen LogP contribution in [0, 0.1) is 0 Å². The Morgan fingerprint density at radius 2 is 1.53 bits per heavy atom. The molecular formula is C26H36N2O2. The first-order valence-electron chi connectivity index (χ1n) is 11.1. The van der Waals surface area contributed by atoms with Gasteiger partial charge >= 0.3 is 0 Å². The van der Waals surface area contributed by atoms with E-state index in [1.807, 2.05) is 0 Å². The molecule has 2 N–H and O–H groups in total. The number of amides is 1. The lowest BCUT2D eigenvalue weighted by molar-refractivity contribution is -0.121. The van der Waals surface area contributed by atoms with Gasteiger partial charge < -0.3 is 10.4 Å². The summed E-state index contributed by atoms with van der Waals surface area (Å²) in [5, 5.41) is 12.6. The molecule has 3 rings (SSSR count). The number of aryl methyl sites for hydroxylation is 1. The van der Waals surface area contributed by atoms with Crippen LogP contribution in [0.15, 0.2) is 48.5 Å². The van der Waals surface area contributed by atoms with E-state index in [1.54, 1.807) is 0 Å². The lowest BCUT2D eigenvalue weighted by Crippen LogP contribution is -2.35. The van der Waals surface area contributed by atoms with Crippen LogP contribution in [0.1, 0.15) is 62.3 Å². The average molecular weight is 409 g/mol. The molecule has 1 aliphatic heterocycles. The molecule has 0 atom stereocenters. The second-order valence-corrected chi connectivity index (χ2v) is 9.55. The summed E-state index contributed by atoms with van der Waals surface area (Å²) < 4.78 is 0. The van der Waals surface area contributed by atoms with E-state index in [4.69, 9.17) is 0 Å². The Bertz CT molecular complexity index is 798. The van der Waals surface area contributed by atoms with Gasteiger partial charge in [-0.25, -0.2) is 0 Å². The molecular weight excluding hydrogens is 372 g/mol. The van der Waals surface area contributed by atoms with E-state index >= 15 is 0 Å². The van der Waals surface area contributed by atoms with Crippen LogP contribution >= 0.6 is 0 Å². The van der Waals surface area contributed by atoms with Crippen molar-refractivity contribution in [3.8, 4) is 0 Å². The van der Waals surface area contributed by atoms with Gasteiger partial charge in [0.05, 0.1) is 6.10 Å². The number of benzene rings is 2. The summed E-state index contributed by atoms with van der Waals surface area (Å²) >= 11 is 0. The van der Waals surface area contributed by atoms with E-state index in [9.17, 15) is 9.90 Å². The smallest absolute Gasteiger partial charge is 0.220 e. The first-order chi connectivity index (χ1) is 14.3. The fraction of sp³-hybridized carbons (Fsp3) is 0.500. The zero-order valence-electron chi connectivity index (χ0n) is 18.7. The van der Waals surface area contributed by atoms with Gasteiger partial charge in [0.1, 0.15) is 0 Å². The van der Waals surface area contributed by atoms with E-state index in [2.05, 4.69) is 79.5 Å². The molecule has 1 fully saturated rings. The van der Waals surface area contributed by atoms with Crippen LogP contribution in [0.3, 0.4) is 0 Å². The van der Waals surface area contributed by atoms with Gasteiger partial charge in [0.25, 0.3) is 0 Å². The van der Waals surface area contributed by atoms with Gasteiger partial charge in [-0.3, -0.25) is 9.69 Å². The van der Waals surface area contributed by atoms with Crippen LogP contribution in [0.25, 0.3) is 0 Å². The van der Waals surface area contributed by atoms with E-state index in [1.165, 1.54) is 16.7 Å². The highest BCUT2D eigenvalue weighted by molar-refractivity contribution is 5.76. The monoisotopic (exact) mass is 408 g/mol. The Balaban J connectivity index is 1.39.